The molecule has 0 spiro atoms. The molecule has 59 heavy (non-hydrogen) atoms. The maximum Gasteiger partial charge on any atom is 0.0737 e. The van der Waals surface area contributed by atoms with Gasteiger partial charge in [0.2, 0.25) is 0 Å². The number of nitrogens with zero attached hydrogens (tertiary/aromatic N) is 2. The highest BCUT2D eigenvalue weighted by molar-refractivity contribution is 7.77. The van der Waals surface area contributed by atoms with E-state index in [-0.39, 0.29) is 10.8 Å². The summed E-state index contributed by atoms with van der Waals surface area (Å²) in [5.41, 5.74) is 19.1. The van der Waals surface area contributed by atoms with E-state index in [0.717, 1.165) is 67.1 Å². The quantitative estimate of drug-likeness (QED) is 0.138. The lowest BCUT2D eigenvalue weighted by molar-refractivity contribution is 0.569. The highest BCUT2D eigenvalue weighted by Crippen LogP contribution is 2.38. The first kappa shape index (κ1) is 38.0. The van der Waals surface area contributed by atoms with Gasteiger partial charge in [-0.25, -0.2) is 9.97 Å². The van der Waals surface area contributed by atoms with Crippen LogP contribution in [0, 0.1) is 11.6 Å². The molecule has 0 aliphatic carbocycles. The maximum atomic E-state index is 5.18. The fourth-order valence-electron chi connectivity index (χ4n) is 7.59. The van der Waals surface area contributed by atoms with Crippen LogP contribution in [0.3, 0.4) is 0 Å². The minimum absolute atomic E-state index is 0.0120. The number of hydrogen-bond acceptors (Lipinski definition) is 2. The normalized spacial score (nSPS) is 12.5. The lowest BCUT2D eigenvalue weighted by Gasteiger charge is -2.26. The summed E-state index contributed by atoms with van der Waals surface area (Å²) in [5.74, 6) is 3.51. The van der Waals surface area contributed by atoms with E-state index in [1.54, 1.807) is 0 Å². The molecule has 3 aromatic heterocycles. The fourth-order valence-corrected chi connectivity index (χ4v) is 9.33. The van der Waals surface area contributed by atoms with Crippen molar-refractivity contribution in [3.8, 4) is 33.8 Å². The highest BCUT2D eigenvalue weighted by Gasteiger charge is 2.22. The first-order valence-corrected chi connectivity index (χ1v) is 21.6. The first-order valence-electron chi connectivity index (χ1n) is 20.2. The molecule has 4 nitrogen and oxygen atoms in total. The third kappa shape index (κ3) is 8.13. The summed E-state index contributed by atoms with van der Waals surface area (Å²) in [5, 5.41) is 2.49. The maximum absolute atomic E-state index is 5.18. The molecular weight excluding hydrogens is 736 g/mol. The summed E-state index contributed by atoms with van der Waals surface area (Å²) in [6.45, 7) is 13.7. The second kappa shape index (κ2) is 15.3. The van der Waals surface area contributed by atoms with Crippen LogP contribution >= 0.6 is 7.92 Å². The molecule has 8 bridgehead atoms. The number of rotatable bonds is 4. The van der Waals surface area contributed by atoms with Crippen molar-refractivity contribution in [2.75, 3.05) is 0 Å². The summed E-state index contributed by atoms with van der Waals surface area (Å²) in [7, 11) is -0.821. The molecule has 5 heterocycles. The second-order valence-electron chi connectivity index (χ2n) is 17.3. The van der Waals surface area contributed by atoms with Gasteiger partial charge in [-0.3, -0.25) is 0 Å². The van der Waals surface area contributed by atoms with E-state index >= 15 is 0 Å². The van der Waals surface area contributed by atoms with Crippen molar-refractivity contribution >= 4 is 64.9 Å². The Balaban J connectivity index is 1.17. The van der Waals surface area contributed by atoms with Crippen molar-refractivity contribution in [1.29, 1.82) is 0 Å². The van der Waals surface area contributed by atoms with Crippen LogP contribution in [-0.4, -0.2) is 19.9 Å². The molecule has 7 aromatic rings. The Morgan fingerprint density at radius 2 is 0.966 bits per heavy atom. The van der Waals surface area contributed by atoms with Crippen molar-refractivity contribution < 1.29 is 0 Å². The Morgan fingerprint density at radius 1 is 0.475 bits per heavy atom. The van der Waals surface area contributed by atoms with Crippen molar-refractivity contribution in [2.24, 2.45) is 0 Å². The van der Waals surface area contributed by atoms with Crippen LogP contribution in [0.1, 0.15) is 81.0 Å². The lowest BCUT2D eigenvalue weighted by Crippen LogP contribution is -2.16. The molecule has 0 atom stereocenters. The van der Waals surface area contributed by atoms with E-state index < -0.39 is 7.92 Å². The Kier molecular flexibility index (Phi) is 9.88. The second-order valence-corrected chi connectivity index (χ2v) is 19.3. The standard InChI is InChI=1S/C54H47N4P/c1-53(2,3)39-31-38(32-40(33-39)54(4,5)6)52-49-27-23-43(57-49)34-41-21-25-47(55-41)51(48-26-22-42(56-48)35-44-24-28-50(52)58-44)37-19-17-36(18-20-37)29-30-59(45-13-9-7-10-14-45)46-15-11-8-12-16-46/h7-28,31-35,57-58H,1-6H3. The van der Waals surface area contributed by atoms with Crippen molar-refractivity contribution in [3.05, 3.63) is 179 Å². The molecule has 0 fully saturated rings. The van der Waals surface area contributed by atoms with Gasteiger partial charge in [0.25, 0.3) is 0 Å². The zero-order valence-corrected chi connectivity index (χ0v) is 35.3. The Morgan fingerprint density at radius 3 is 1.44 bits per heavy atom. The minimum Gasteiger partial charge on any atom is -0.355 e. The molecule has 0 radical (unpaired) electrons. The van der Waals surface area contributed by atoms with Crippen LogP contribution in [0.5, 0.6) is 0 Å². The summed E-state index contributed by atoms with van der Waals surface area (Å²) in [4.78, 5) is 17.9. The fraction of sp³-hybridized carbons (Fsp3) is 0.148. The molecule has 288 valence electrons. The number of aromatic nitrogens is 4. The smallest absolute Gasteiger partial charge is 0.0737 e. The van der Waals surface area contributed by atoms with E-state index in [0.29, 0.717) is 0 Å². The van der Waals surface area contributed by atoms with Crippen LogP contribution in [-0.2, 0) is 10.8 Å². The van der Waals surface area contributed by atoms with Crippen molar-refractivity contribution in [1.82, 2.24) is 19.9 Å². The molecular formula is C54H47N4P. The van der Waals surface area contributed by atoms with E-state index in [1.807, 2.05) is 0 Å². The van der Waals surface area contributed by atoms with Gasteiger partial charge in [0.1, 0.15) is 0 Å². The molecule has 0 unspecified atom stereocenters. The third-order valence-corrected chi connectivity index (χ3v) is 12.8. The largest absolute Gasteiger partial charge is 0.355 e. The molecule has 0 saturated heterocycles. The summed E-state index contributed by atoms with van der Waals surface area (Å²) >= 11 is 0. The molecule has 5 heteroatoms. The average molecular weight is 783 g/mol. The topological polar surface area (TPSA) is 57.4 Å². The Bertz CT molecular complexity index is 2830. The van der Waals surface area contributed by atoms with Crippen LogP contribution in [0.4, 0.5) is 0 Å². The molecule has 2 aliphatic heterocycles. The summed E-state index contributed by atoms with van der Waals surface area (Å²) in [6, 6.07) is 49.7. The molecule has 9 rings (SSSR count). The molecule has 0 amide bonds. The lowest BCUT2D eigenvalue weighted by atomic mass is 9.79. The van der Waals surface area contributed by atoms with Crippen LogP contribution < -0.4 is 10.6 Å². The van der Waals surface area contributed by atoms with Gasteiger partial charge in [0, 0.05) is 46.7 Å². The van der Waals surface area contributed by atoms with Gasteiger partial charge >= 0.3 is 0 Å². The van der Waals surface area contributed by atoms with Gasteiger partial charge < -0.3 is 9.97 Å². The SMILES string of the molecule is CC(C)(C)c1cc(-c2c3ccc(cc4nc(c(-c5ccc(C#CP(c6ccccc6)c6ccccc6)cc5)c5nc(cc6ccc2[nH]6)C=C5)C=C4)[nH]3)cc(C(C)(C)C)c1. The summed E-state index contributed by atoms with van der Waals surface area (Å²) in [6.07, 6.45) is 8.37. The Hall–Kier alpha value is -6.53. The number of H-pyrrole nitrogens is 2. The van der Waals surface area contributed by atoms with Gasteiger partial charge in [0.15, 0.2) is 0 Å². The minimum atomic E-state index is -0.821. The highest BCUT2D eigenvalue weighted by atomic mass is 31.1. The number of hydrogen-bond donors (Lipinski definition) is 2. The van der Waals surface area contributed by atoms with Gasteiger partial charge in [-0.05, 0) is 117 Å². The Labute approximate surface area is 348 Å². The van der Waals surface area contributed by atoms with Gasteiger partial charge in [-0.15, -0.1) is 0 Å². The molecule has 2 N–H and O–H groups in total. The zero-order chi connectivity index (χ0) is 40.7. The summed E-state index contributed by atoms with van der Waals surface area (Å²) < 4.78 is 0. The zero-order valence-electron chi connectivity index (χ0n) is 34.4. The van der Waals surface area contributed by atoms with Crippen LogP contribution in [0.2, 0.25) is 0 Å². The van der Waals surface area contributed by atoms with E-state index in [4.69, 9.17) is 9.97 Å². The number of fused-ring (bicyclic) bond motifs is 8. The third-order valence-electron chi connectivity index (χ3n) is 10.9. The number of benzene rings is 4. The van der Waals surface area contributed by atoms with Crippen molar-refractivity contribution in [2.45, 2.75) is 52.4 Å². The van der Waals surface area contributed by atoms with E-state index in [2.05, 4.69) is 227 Å². The first-order chi connectivity index (χ1) is 28.4. The predicted octanol–water partition coefficient (Wildman–Crippen LogP) is 13.0. The average Bonchev–Trinajstić information content (AvgIpc) is 4.06. The number of aromatic amines is 2. The van der Waals surface area contributed by atoms with Gasteiger partial charge in [0.05, 0.1) is 22.8 Å². The predicted molar refractivity (Wildman–Crippen MR) is 253 cm³/mol. The van der Waals surface area contributed by atoms with Gasteiger partial charge in [-0.1, -0.05) is 144 Å². The molecule has 4 aromatic carbocycles. The molecule has 2 aliphatic rings. The number of nitrogens with one attached hydrogen (secondary N) is 2. The van der Waals surface area contributed by atoms with Crippen molar-refractivity contribution in [3.63, 3.8) is 0 Å². The van der Waals surface area contributed by atoms with Gasteiger partial charge in [-0.2, -0.15) is 0 Å². The van der Waals surface area contributed by atoms with Crippen LogP contribution in [0.25, 0.3) is 68.6 Å². The van der Waals surface area contributed by atoms with E-state index in [1.165, 1.54) is 27.3 Å². The molecule has 0 saturated carbocycles. The monoisotopic (exact) mass is 782 g/mol. The van der Waals surface area contributed by atoms with E-state index in [9.17, 15) is 0 Å². The van der Waals surface area contributed by atoms with Crippen LogP contribution in [0.15, 0.2) is 140 Å².